The van der Waals surface area contributed by atoms with Gasteiger partial charge in [-0.15, -0.1) is 11.3 Å². The Morgan fingerprint density at radius 2 is 1.67 bits per heavy atom. The molecule has 0 atom stereocenters. The van der Waals surface area contributed by atoms with Crippen LogP contribution in [-0.2, 0) is 4.79 Å². The summed E-state index contributed by atoms with van der Waals surface area (Å²) in [6.07, 6.45) is 1.45. The number of aryl methyl sites for hydroxylation is 1. The third kappa shape index (κ3) is 8.20. The van der Waals surface area contributed by atoms with Gasteiger partial charge in [0.1, 0.15) is 5.75 Å². The van der Waals surface area contributed by atoms with Crippen LogP contribution in [0.4, 0.5) is 16.5 Å². The van der Waals surface area contributed by atoms with Gasteiger partial charge in [-0.25, -0.2) is 10.4 Å². The van der Waals surface area contributed by atoms with E-state index in [1.807, 2.05) is 48.7 Å². The lowest BCUT2D eigenvalue weighted by atomic mass is 10.1. The second kappa shape index (κ2) is 14.0. The van der Waals surface area contributed by atoms with Crippen molar-refractivity contribution in [2.24, 2.45) is 5.10 Å². The van der Waals surface area contributed by atoms with Crippen molar-refractivity contribution < 1.29 is 14.3 Å². The number of amides is 2. The van der Waals surface area contributed by atoms with Crippen molar-refractivity contribution in [2.45, 2.75) is 6.92 Å². The van der Waals surface area contributed by atoms with Gasteiger partial charge in [0.25, 0.3) is 11.8 Å². The van der Waals surface area contributed by atoms with Crippen LogP contribution in [0.5, 0.6) is 5.75 Å². The first-order valence-corrected chi connectivity index (χ1v) is 14.7. The number of benzene rings is 4. The van der Waals surface area contributed by atoms with Crippen LogP contribution in [0.3, 0.4) is 0 Å². The predicted octanol–water partition coefficient (Wildman–Crippen LogP) is 7.95. The summed E-state index contributed by atoms with van der Waals surface area (Å²) in [7, 11) is 0. The van der Waals surface area contributed by atoms with Gasteiger partial charge in [0.2, 0.25) is 0 Å². The lowest BCUT2D eigenvalue weighted by Gasteiger charge is -2.10. The zero-order valence-corrected chi connectivity index (χ0v) is 25.1. The van der Waals surface area contributed by atoms with Crippen LogP contribution in [0.25, 0.3) is 11.3 Å². The summed E-state index contributed by atoms with van der Waals surface area (Å²) < 4.78 is 5.68. The number of halogens is 2. The summed E-state index contributed by atoms with van der Waals surface area (Å²) in [5, 5.41) is 13.6. The van der Waals surface area contributed by atoms with E-state index in [-0.39, 0.29) is 18.4 Å². The van der Waals surface area contributed by atoms with Crippen molar-refractivity contribution in [3.63, 3.8) is 0 Å². The molecule has 216 valence electrons. The standard InChI is InChI=1S/C32H25Cl2N5O3S/c1-20-6-12-24(13-7-20)37-32-38-28(19-43-32)21-8-10-22(11-9-21)31(41)39-35-17-23-4-2-3-5-29(23)42-18-30(40)36-25-14-15-26(33)27(34)16-25/h2-17,19H,18H2,1H3,(H,36,40)(H,37,38)(H,39,41)/b35-17+. The number of carbonyl (C=O) groups is 2. The number of thiazole rings is 1. The average Bonchev–Trinajstić information content (AvgIpc) is 3.48. The maximum atomic E-state index is 12.7. The topological polar surface area (TPSA) is 105 Å². The van der Waals surface area contributed by atoms with Crippen LogP contribution in [0.2, 0.25) is 10.0 Å². The molecule has 3 N–H and O–H groups in total. The fourth-order valence-electron chi connectivity index (χ4n) is 3.87. The molecule has 4 aromatic carbocycles. The summed E-state index contributed by atoms with van der Waals surface area (Å²) in [4.78, 5) is 29.7. The van der Waals surface area contributed by atoms with Crippen LogP contribution >= 0.6 is 34.5 Å². The zero-order valence-electron chi connectivity index (χ0n) is 22.8. The van der Waals surface area contributed by atoms with Crippen molar-refractivity contribution in [1.82, 2.24) is 10.4 Å². The number of rotatable bonds is 10. The highest BCUT2D eigenvalue weighted by Gasteiger charge is 2.10. The van der Waals surface area contributed by atoms with E-state index in [1.165, 1.54) is 23.1 Å². The van der Waals surface area contributed by atoms with Crippen LogP contribution < -0.4 is 20.8 Å². The Kier molecular flexibility index (Phi) is 9.68. The Labute approximate surface area is 262 Å². The molecule has 0 saturated heterocycles. The molecule has 5 rings (SSSR count). The predicted molar refractivity (Wildman–Crippen MR) is 174 cm³/mol. The Hall–Kier alpha value is -4.70. The van der Waals surface area contributed by atoms with Gasteiger partial charge >= 0.3 is 0 Å². The van der Waals surface area contributed by atoms with E-state index >= 15 is 0 Å². The molecule has 0 bridgehead atoms. The highest BCUT2D eigenvalue weighted by molar-refractivity contribution is 7.14. The van der Waals surface area contributed by atoms with Gasteiger partial charge in [-0.1, -0.05) is 65.2 Å². The number of hydrazone groups is 1. The van der Waals surface area contributed by atoms with Gasteiger partial charge in [-0.3, -0.25) is 9.59 Å². The maximum absolute atomic E-state index is 12.7. The van der Waals surface area contributed by atoms with E-state index < -0.39 is 0 Å². The highest BCUT2D eigenvalue weighted by Crippen LogP contribution is 2.28. The number of para-hydroxylation sites is 1. The number of nitrogens with one attached hydrogen (secondary N) is 3. The first kappa shape index (κ1) is 29.8. The SMILES string of the molecule is Cc1ccc(Nc2nc(-c3ccc(C(=O)N/N=C/c4ccccc4OCC(=O)Nc4ccc(Cl)c(Cl)c4)cc3)cs2)cc1. The molecule has 0 aliphatic heterocycles. The van der Waals surface area contributed by atoms with Crippen molar-refractivity contribution in [3.8, 4) is 17.0 Å². The van der Waals surface area contributed by atoms with Gasteiger partial charge in [-0.2, -0.15) is 5.10 Å². The Morgan fingerprint density at radius 1 is 0.930 bits per heavy atom. The zero-order chi connectivity index (χ0) is 30.2. The molecule has 0 saturated carbocycles. The largest absolute Gasteiger partial charge is 0.483 e. The molecule has 2 amide bonds. The third-order valence-corrected chi connectivity index (χ3v) is 7.60. The smallest absolute Gasteiger partial charge is 0.271 e. The van der Waals surface area contributed by atoms with Gasteiger partial charge < -0.3 is 15.4 Å². The lowest BCUT2D eigenvalue weighted by Crippen LogP contribution is -2.20. The monoisotopic (exact) mass is 629 g/mol. The van der Waals surface area contributed by atoms with Crippen LogP contribution in [0.15, 0.2) is 101 Å². The molecule has 0 radical (unpaired) electrons. The molecule has 0 aliphatic carbocycles. The first-order valence-electron chi connectivity index (χ1n) is 13.0. The Morgan fingerprint density at radius 3 is 2.44 bits per heavy atom. The summed E-state index contributed by atoms with van der Waals surface area (Å²) in [5.41, 5.74) is 7.92. The molecule has 5 aromatic rings. The first-order chi connectivity index (χ1) is 20.8. The number of carbonyl (C=O) groups excluding carboxylic acids is 2. The summed E-state index contributed by atoms with van der Waals surface area (Å²) in [6, 6.07) is 27.0. The molecular weight excluding hydrogens is 605 g/mol. The number of aromatic nitrogens is 1. The molecule has 0 aliphatic rings. The number of hydrogen-bond donors (Lipinski definition) is 3. The second-order valence-electron chi connectivity index (χ2n) is 9.31. The number of nitrogens with zero attached hydrogens (tertiary/aromatic N) is 2. The highest BCUT2D eigenvalue weighted by atomic mass is 35.5. The maximum Gasteiger partial charge on any atom is 0.271 e. The van der Waals surface area contributed by atoms with E-state index in [9.17, 15) is 9.59 Å². The van der Waals surface area contributed by atoms with E-state index in [4.69, 9.17) is 27.9 Å². The van der Waals surface area contributed by atoms with Gasteiger partial charge in [0.15, 0.2) is 11.7 Å². The van der Waals surface area contributed by atoms with Crippen molar-refractivity contribution in [3.05, 3.63) is 123 Å². The summed E-state index contributed by atoms with van der Waals surface area (Å²) in [6.45, 7) is 1.80. The molecule has 0 unspecified atom stereocenters. The third-order valence-electron chi connectivity index (χ3n) is 6.10. The van der Waals surface area contributed by atoms with Gasteiger partial charge in [0, 0.05) is 33.4 Å². The molecule has 0 fully saturated rings. The number of ether oxygens (including phenoxy) is 1. The minimum absolute atomic E-state index is 0.244. The van der Waals surface area contributed by atoms with E-state index in [0.29, 0.717) is 32.6 Å². The quantitative estimate of drug-likeness (QED) is 0.107. The molecule has 43 heavy (non-hydrogen) atoms. The molecule has 0 spiro atoms. The van der Waals surface area contributed by atoms with E-state index in [2.05, 4.69) is 26.1 Å². The van der Waals surface area contributed by atoms with E-state index in [1.54, 1.807) is 54.6 Å². The van der Waals surface area contributed by atoms with Crippen LogP contribution in [-0.4, -0.2) is 29.6 Å². The van der Waals surface area contributed by atoms with Crippen LogP contribution in [0, 0.1) is 6.92 Å². The Balaban J connectivity index is 1.14. The van der Waals surface area contributed by atoms with Crippen molar-refractivity contribution in [1.29, 1.82) is 0 Å². The Bertz CT molecular complexity index is 1770. The van der Waals surface area contributed by atoms with Crippen LogP contribution in [0.1, 0.15) is 21.5 Å². The average molecular weight is 631 g/mol. The fourth-order valence-corrected chi connectivity index (χ4v) is 4.91. The lowest BCUT2D eigenvalue weighted by molar-refractivity contribution is -0.118. The van der Waals surface area contributed by atoms with Gasteiger partial charge in [-0.05, 0) is 61.5 Å². The number of anilines is 3. The fraction of sp³-hybridized carbons (Fsp3) is 0.0625. The molecule has 11 heteroatoms. The normalized spacial score (nSPS) is 10.9. The second-order valence-corrected chi connectivity index (χ2v) is 11.0. The van der Waals surface area contributed by atoms with E-state index in [0.717, 1.165) is 22.1 Å². The van der Waals surface area contributed by atoms with Crippen molar-refractivity contribution in [2.75, 3.05) is 17.2 Å². The summed E-state index contributed by atoms with van der Waals surface area (Å²) in [5.74, 6) is -0.325. The summed E-state index contributed by atoms with van der Waals surface area (Å²) >= 11 is 13.4. The molecule has 1 heterocycles. The molecular formula is C32H25Cl2N5O3S. The number of hydrogen-bond acceptors (Lipinski definition) is 7. The minimum Gasteiger partial charge on any atom is -0.483 e. The molecule has 1 aromatic heterocycles. The molecule has 8 nitrogen and oxygen atoms in total. The van der Waals surface area contributed by atoms with Gasteiger partial charge in [0.05, 0.1) is 22.0 Å². The van der Waals surface area contributed by atoms with Crippen molar-refractivity contribution >= 4 is 69.1 Å². The minimum atomic E-state index is -0.377.